The van der Waals surface area contributed by atoms with E-state index in [1.165, 1.54) is 17.4 Å². The predicted molar refractivity (Wildman–Crippen MR) is 72.5 cm³/mol. The van der Waals surface area contributed by atoms with Crippen LogP contribution in [-0.4, -0.2) is 48.2 Å². The van der Waals surface area contributed by atoms with Crippen molar-refractivity contribution in [2.45, 2.75) is 11.1 Å². The normalized spacial score (nSPS) is 17.6. The van der Waals surface area contributed by atoms with Gasteiger partial charge in [-0.1, -0.05) is 11.3 Å². The van der Waals surface area contributed by atoms with Gasteiger partial charge in [-0.2, -0.15) is 16.1 Å². The van der Waals surface area contributed by atoms with Crippen LogP contribution in [0.2, 0.25) is 0 Å². The van der Waals surface area contributed by atoms with Crippen molar-refractivity contribution in [3.63, 3.8) is 0 Å². The lowest BCUT2D eigenvalue weighted by Crippen LogP contribution is -2.37. The molecule has 0 saturated carbocycles. The van der Waals surface area contributed by atoms with Crippen LogP contribution in [0.4, 0.5) is 5.13 Å². The zero-order chi connectivity index (χ0) is 13.2. The van der Waals surface area contributed by atoms with Crippen molar-refractivity contribution >= 4 is 44.2 Å². The van der Waals surface area contributed by atoms with Gasteiger partial charge in [0.05, 0.1) is 6.20 Å². The van der Waals surface area contributed by atoms with Gasteiger partial charge in [-0.25, -0.2) is 13.4 Å². The van der Waals surface area contributed by atoms with Gasteiger partial charge in [0, 0.05) is 31.5 Å². The molecule has 1 fully saturated rings. The molecule has 0 unspecified atom stereocenters. The van der Waals surface area contributed by atoms with E-state index in [2.05, 4.69) is 10.3 Å². The Morgan fingerprint density at radius 3 is 2.72 bits per heavy atom. The third kappa shape index (κ3) is 3.02. The molecule has 1 N–H and O–H groups in total. The SMILES string of the molecule is CC(=O)Nc1ncc(S(=O)(=O)N2CCSCC2)s1. The van der Waals surface area contributed by atoms with Crippen molar-refractivity contribution in [3.8, 4) is 0 Å². The maximum atomic E-state index is 12.3. The molecule has 0 aliphatic carbocycles. The Hall–Kier alpha value is -0.640. The zero-order valence-corrected chi connectivity index (χ0v) is 12.2. The van der Waals surface area contributed by atoms with Crippen molar-refractivity contribution in [2.75, 3.05) is 29.9 Å². The van der Waals surface area contributed by atoms with Crippen LogP contribution < -0.4 is 5.32 Å². The number of aromatic nitrogens is 1. The van der Waals surface area contributed by atoms with Crippen LogP contribution in [0.1, 0.15) is 6.92 Å². The van der Waals surface area contributed by atoms with Gasteiger partial charge < -0.3 is 5.32 Å². The minimum atomic E-state index is -3.45. The van der Waals surface area contributed by atoms with Gasteiger partial charge in [-0.15, -0.1) is 0 Å². The van der Waals surface area contributed by atoms with Crippen LogP contribution in [0.5, 0.6) is 0 Å². The number of thiazole rings is 1. The molecule has 0 spiro atoms. The van der Waals surface area contributed by atoms with Gasteiger partial charge in [0.1, 0.15) is 0 Å². The number of amides is 1. The molecule has 0 bridgehead atoms. The Bertz CT molecular complexity index is 534. The number of carbonyl (C=O) groups is 1. The second-order valence-electron chi connectivity index (χ2n) is 3.68. The smallest absolute Gasteiger partial charge is 0.254 e. The van der Waals surface area contributed by atoms with Gasteiger partial charge in [0.2, 0.25) is 5.91 Å². The summed E-state index contributed by atoms with van der Waals surface area (Å²) in [5.41, 5.74) is 0. The summed E-state index contributed by atoms with van der Waals surface area (Å²) in [6.07, 6.45) is 1.30. The first-order chi connectivity index (χ1) is 8.50. The highest BCUT2D eigenvalue weighted by atomic mass is 32.2. The zero-order valence-electron chi connectivity index (χ0n) is 9.75. The summed E-state index contributed by atoms with van der Waals surface area (Å²) in [6.45, 7) is 2.41. The first-order valence-electron chi connectivity index (χ1n) is 5.31. The van der Waals surface area contributed by atoms with Gasteiger partial charge in [-0.05, 0) is 0 Å². The summed E-state index contributed by atoms with van der Waals surface area (Å²) >= 11 is 2.73. The minimum Gasteiger partial charge on any atom is -0.302 e. The second-order valence-corrected chi connectivity index (χ2v) is 8.10. The minimum absolute atomic E-state index is 0.179. The molecule has 1 aliphatic heterocycles. The average Bonchev–Trinajstić information content (AvgIpc) is 2.78. The Kier molecular flexibility index (Phi) is 4.25. The third-order valence-corrected chi connectivity index (χ3v) is 6.52. The summed E-state index contributed by atoms with van der Waals surface area (Å²) < 4.78 is 26.2. The van der Waals surface area contributed by atoms with E-state index in [0.29, 0.717) is 18.2 Å². The van der Waals surface area contributed by atoms with Crippen molar-refractivity contribution in [2.24, 2.45) is 0 Å². The maximum absolute atomic E-state index is 12.3. The van der Waals surface area contributed by atoms with Crippen molar-refractivity contribution in [1.82, 2.24) is 9.29 Å². The van der Waals surface area contributed by atoms with E-state index in [0.717, 1.165) is 22.8 Å². The topological polar surface area (TPSA) is 79.4 Å². The summed E-state index contributed by atoms with van der Waals surface area (Å²) in [5.74, 6) is 1.37. The van der Waals surface area contributed by atoms with E-state index in [1.54, 1.807) is 11.8 Å². The molecule has 9 heteroatoms. The lowest BCUT2D eigenvalue weighted by molar-refractivity contribution is -0.114. The Morgan fingerprint density at radius 2 is 2.11 bits per heavy atom. The van der Waals surface area contributed by atoms with Crippen LogP contribution in [0.3, 0.4) is 0 Å². The molecule has 100 valence electrons. The highest BCUT2D eigenvalue weighted by Gasteiger charge is 2.28. The van der Waals surface area contributed by atoms with Crippen LogP contribution in [-0.2, 0) is 14.8 Å². The fourth-order valence-electron chi connectivity index (χ4n) is 1.50. The molecule has 0 atom stereocenters. The van der Waals surface area contributed by atoms with E-state index in [4.69, 9.17) is 0 Å². The number of nitrogens with one attached hydrogen (secondary N) is 1. The van der Waals surface area contributed by atoms with Crippen molar-refractivity contribution in [3.05, 3.63) is 6.20 Å². The Labute approximate surface area is 114 Å². The maximum Gasteiger partial charge on any atom is 0.254 e. The van der Waals surface area contributed by atoms with Crippen molar-refractivity contribution in [1.29, 1.82) is 0 Å². The van der Waals surface area contributed by atoms with Crippen LogP contribution in [0.15, 0.2) is 10.4 Å². The molecule has 1 aromatic heterocycles. The molecule has 1 aliphatic rings. The second kappa shape index (κ2) is 5.55. The molecule has 1 saturated heterocycles. The molecule has 0 radical (unpaired) electrons. The molecule has 2 heterocycles. The average molecular weight is 307 g/mol. The summed E-state index contributed by atoms with van der Waals surface area (Å²) in [5, 5.41) is 2.79. The molecular formula is C9H13N3O3S3. The van der Waals surface area contributed by atoms with Crippen LogP contribution in [0.25, 0.3) is 0 Å². The quantitative estimate of drug-likeness (QED) is 0.895. The Morgan fingerprint density at radius 1 is 1.44 bits per heavy atom. The lowest BCUT2D eigenvalue weighted by Gasteiger charge is -2.24. The summed E-state index contributed by atoms with van der Waals surface area (Å²) in [7, 11) is -3.45. The monoisotopic (exact) mass is 307 g/mol. The number of sulfonamides is 1. The van der Waals surface area contributed by atoms with Gasteiger partial charge in [0.25, 0.3) is 10.0 Å². The molecule has 1 amide bonds. The molecule has 2 rings (SSSR count). The predicted octanol–water partition coefficient (Wildman–Crippen LogP) is 0.839. The number of thioether (sulfide) groups is 1. The number of anilines is 1. The Balaban J connectivity index is 2.18. The lowest BCUT2D eigenvalue weighted by atomic mass is 10.6. The molecule has 18 heavy (non-hydrogen) atoms. The molecule has 6 nitrogen and oxygen atoms in total. The fraction of sp³-hybridized carbons (Fsp3) is 0.556. The molecule has 0 aromatic carbocycles. The van der Waals surface area contributed by atoms with E-state index in [1.807, 2.05) is 0 Å². The number of hydrogen-bond donors (Lipinski definition) is 1. The number of nitrogens with zero attached hydrogens (tertiary/aromatic N) is 2. The number of hydrogen-bond acceptors (Lipinski definition) is 6. The third-order valence-electron chi connectivity index (χ3n) is 2.33. The summed E-state index contributed by atoms with van der Waals surface area (Å²) in [6, 6.07) is 0. The summed E-state index contributed by atoms with van der Waals surface area (Å²) in [4.78, 5) is 14.8. The number of carbonyl (C=O) groups excluding carboxylic acids is 1. The van der Waals surface area contributed by atoms with Crippen LogP contribution in [0, 0.1) is 0 Å². The standard InChI is InChI=1S/C9H13N3O3S3/c1-7(13)11-9-10-6-8(17-9)18(14,15)12-2-4-16-5-3-12/h6H,2-5H2,1H3,(H,10,11,13). The first-order valence-corrected chi connectivity index (χ1v) is 8.72. The van der Waals surface area contributed by atoms with E-state index >= 15 is 0 Å². The highest BCUT2D eigenvalue weighted by molar-refractivity contribution is 7.99. The van der Waals surface area contributed by atoms with E-state index in [-0.39, 0.29) is 10.1 Å². The molecular weight excluding hydrogens is 294 g/mol. The van der Waals surface area contributed by atoms with Crippen LogP contribution >= 0.6 is 23.1 Å². The van der Waals surface area contributed by atoms with Gasteiger partial charge in [0.15, 0.2) is 9.34 Å². The largest absolute Gasteiger partial charge is 0.302 e. The number of rotatable bonds is 3. The van der Waals surface area contributed by atoms with Gasteiger partial charge in [-0.3, -0.25) is 4.79 Å². The van der Waals surface area contributed by atoms with Gasteiger partial charge >= 0.3 is 0 Å². The van der Waals surface area contributed by atoms with E-state index in [9.17, 15) is 13.2 Å². The highest BCUT2D eigenvalue weighted by Crippen LogP contribution is 2.27. The fourth-order valence-corrected chi connectivity index (χ4v) is 5.31. The molecule has 1 aromatic rings. The first kappa shape index (κ1) is 13.8. The van der Waals surface area contributed by atoms with E-state index < -0.39 is 10.0 Å². The van der Waals surface area contributed by atoms with Crippen molar-refractivity contribution < 1.29 is 13.2 Å².